The topological polar surface area (TPSA) is 228 Å². The fourth-order valence-corrected chi connectivity index (χ4v) is 8.90. The van der Waals surface area contributed by atoms with Crippen molar-refractivity contribution in [2.75, 3.05) is 19.8 Å². The van der Waals surface area contributed by atoms with Gasteiger partial charge >= 0.3 is 0 Å². The third-order valence-electron chi connectivity index (χ3n) is 13.5. The first-order valence-corrected chi connectivity index (χ1v) is 27.9. The molecule has 0 aromatic rings. The van der Waals surface area contributed by atoms with Crippen LogP contribution in [0.4, 0.5) is 0 Å². The van der Waals surface area contributed by atoms with Crippen LogP contribution in [0.25, 0.3) is 0 Å². The first-order valence-electron chi connectivity index (χ1n) is 27.9. The molecule has 0 aliphatic carbocycles. The maximum Gasteiger partial charge on any atom is 0.220 e. The SMILES string of the molecule is CCCCCCC/C=C/CC/C=C/CC/C=C/C(O)C(COC1OC(CO)C(OC2OC(CO)C(O)C(O)C2O)C(O)C1O)NC(=O)CCCCCCCCCCC/C=C\CCCCCCCCCC. The molecule has 2 rings (SSSR count). The smallest absolute Gasteiger partial charge is 0.220 e. The molecule has 408 valence electrons. The van der Waals surface area contributed by atoms with Gasteiger partial charge in [0.05, 0.1) is 32.0 Å². The Morgan fingerprint density at radius 3 is 1.40 bits per heavy atom. The number of ether oxygens (including phenoxy) is 4. The van der Waals surface area contributed by atoms with Gasteiger partial charge in [0, 0.05) is 6.42 Å². The second kappa shape index (κ2) is 42.3. The van der Waals surface area contributed by atoms with Gasteiger partial charge in [-0.25, -0.2) is 0 Å². The molecular weight excluding hydrogens is 895 g/mol. The quantitative estimate of drug-likeness (QED) is 0.0207. The Balaban J connectivity index is 1.81. The van der Waals surface area contributed by atoms with Crippen LogP contribution in [0.15, 0.2) is 48.6 Å². The molecule has 14 nitrogen and oxygen atoms in total. The average Bonchev–Trinajstić information content (AvgIpc) is 3.36. The number of hydrogen-bond donors (Lipinski definition) is 9. The molecule has 14 heteroatoms. The van der Waals surface area contributed by atoms with Gasteiger partial charge in [-0.05, 0) is 70.6 Å². The van der Waals surface area contributed by atoms with E-state index in [4.69, 9.17) is 18.9 Å². The maximum absolute atomic E-state index is 13.2. The molecule has 0 aromatic carbocycles. The molecule has 9 N–H and O–H groups in total. The summed E-state index contributed by atoms with van der Waals surface area (Å²) in [6.45, 7) is 2.75. The molecule has 12 unspecified atom stereocenters. The summed E-state index contributed by atoms with van der Waals surface area (Å²) in [6, 6.07) is -0.938. The fourth-order valence-electron chi connectivity index (χ4n) is 8.90. The van der Waals surface area contributed by atoms with Crippen molar-refractivity contribution in [1.29, 1.82) is 0 Å². The Morgan fingerprint density at radius 2 is 0.914 bits per heavy atom. The van der Waals surface area contributed by atoms with E-state index in [-0.39, 0.29) is 18.9 Å². The molecule has 2 saturated heterocycles. The summed E-state index contributed by atoms with van der Waals surface area (Å²) in [5.41, 5.74) is 0. The number of aliphatic hydroxyl groups excluding tert-OH is 8. The zero-order chi connectivity index (χ0) is 51.0. The molecule has 12 atom stereocenters. The summed E-state index contributed by atoms with van der Waals surface area (Å²) in [4.78, 5) is 13.2. The van der Waals surface area contributed by atoms with Crippen LogP contribution in [-0.4, -0.2) is 140 Å². The minimum absolute atomic E-state index is 0.257. The van der Waals surface area contributed by atoms with Crippen LogP contribution >= 0.6 is 0 Å². The minimum atomic E-state index is -1.79. The van der Waals surface area contributed by atoms with E-state index in [2.05, 4.69) is 55.6 Å². The highest BCUT2D eigenvalue weighted by atomic mass is 16.7. The van der Waals surface area contributed by atoms with Crippen LogP contribution in [0, 0.1) is 0 Å². The summed E-state index contributed by atoms with van der Waals surface area (Å²) in [5.74, 6) is -0.257. The first-order chi connectivity index (χ1) is 34.1. The van der Waals surface area contributed by atoms with E-state index in [1.807, 2.05) is 6.08 Å². The van der Waals surface area contributed by atoms with Crippen LogP contribution in [0.1, 0.15) is 206 Å². The first kappa shape index (κ1) is 64.1. The van der Waals surface area contributed by atoms with Crippen LogP contribution < -0.4 is 5.32 Å². The standard InChI is InChI=1S/C56H101NO13/c1-3-5-7-9-11-13-15-17-19-20-21-22-23-24-26-28-30-32-34-36-38-40-48(61)57-44(45(60)39-37-35-33-31-29-27-25-18-16-14-12-10-8-6-4-2)43-67-55-53(66)51(64)54(47(42-59)69-55)70-56-52(65)50(63)49(62)46(41-58)68-56/h16,18,20-21,29,31,37,39,44-47,49-56,58-60,62-66H,3-15,17,19,22-28,30,32-36,38,40-43H2,1-2H3,(H,57,61)/b18-16+,21-20-,31-29+,39-37+. The molecule has 2 fully saturated rings. The highest BCUT2D eigenvalue weighted by molar-refractivity contribution is 5.76. The third kappa shape index (κ3) is 28.4. The number of amides is 1. The largest absolute Gasteiger partial charge is 0.394 e. The zero-order valence-electron chi connectivity index (χ0n) is 43.5. The van der Waals surface area contributed by atoms with Crippen molar-refractivity contribution in [3.63, 3.8) is 0 Å². The lowest BCUT2D eigenvalue weighted by Crippen LogP contribution is -2.65. The van der Waals surface area contributed by atoms with E-state index in [0.717, 1.165) is 44.9 Å². The van der Waals surface area contributed by atoms with Crippen molar-refractivity contribution in [2.45, 2.75) is 280 Å². The lowest BCUT2D eigenvalue weighted by molar-refractivity contribution is -0.359. The Labute approximate surface area is 423 Å². The van der Waals surface area contributed by atoms with E-state index in [1.165, 1.54) is 128 Å². The van der Waals surface area contributed by atoms with Gasteiger partial charge in [0.25, 0.3) is 0 Å². The predicted molar refractivity (Wildman–Crippen MR) is 277 cm³/mol. The molecule has 2 heterocycles. The Bertz CT molecular complexity index is 1360. The monoisotopic (exact) mass is 996 g/mol. The lowest BCUT2D eigenvalue weighted by atomic mass is 9.97. The number of hydrogen-bond acceptors (Lipinski definition) is 13. The van der Waals surface area contributed by atoms with Crippen molar-refractivity contribution in [3.8, 4) is 0 Å². The van der Waals surface area contributed by atoms with Gasteiger partial charge < -0.3 is 65.1 Å². The molecule has 0 spiro atoms. The summed E-state index contributed by atoms with van der Waals surface area (Å²) in [5, 5.41) is 86.9. The van der Waals surface area contributed by atoms with E-state index < -0.39 is 86.8 Å². The molecule has 2 aliphatic rings. The number of rotatable bonds is 43. The summed E-state index contributed by atoms with van der Waals surface area (Å²) in [7, 11) is 0. The number of carbonyl (C=O) groups is 1. The summed E-state index contributed by atoms with van der Waals surface area (Å²) >= 11 is 0. The summed E-state index contributed by atoms with van der Waals surface area (Å²) < 4.78 is 22.7. The second-order valence-corrected chi connectivity index (χ2v) is 19.7. The van der Waals surface area contributed by atoms with Gasteiger partial charge in [-0.3, -0.25) is 4.79 Å². The van der Waals surface area contributed by atoms with Gasteiger partial charge in [0.2, 0.25) is 5.91 Å². The van der Waals surface area contributed by atoms with E-state index >= 15 is 0 Å². The molecule has 0 aromatic heterocycles. The normalized spacial score (nSPS) is 26.3. The van der Waals surface area contributed by atoms with Gasteiger partial charge in [-0.2, -0.15) is 0 Å². The number of aliphatic hydroxyl groups is 8. The van der Waals surface area contributed by atoms with Crippen LogP contribution in [-0.2, 0) is 23.7 Å². The Hall–Kier alpha value is -2.05. The Morgan fingerprint density at radius 1 is 0.500 bits per heavy atom. The predicted octanol–water partition coefficient (Wildman–Crippen LogP) is 8.44. The second-order valence-electron chi connectivity index (χ2n) is 19.7. The molecule has 70 heavy (non-hydrogen) atoms. The number of nitrogens with one attached hydrogen (secondary N) is 1. The van der Waals surface area contributed by atoms with Crippen molar-refractivity contribution < 1.29 is 64.6 Å². The van der Waals surface area contributed by atoms with E-state index in [0.29, 0.717) is 12.8 Å². The third-order valence-corrected chi connectivity index (χ3v) is 13.5. The van der Waals surface area contributed by atoms with Crippen LogP contribution in [0.5, 0.6) is 0 Å². The lowest BCUT2D eigenvalue weighted by Gasteiger charge is -2.46. The van der Waals surface area contributed by atoms with Crippen LogP contribution in [0.3, 0.4) is 0 Å². The van der Waals surface area contributed by atoms with E-state index in [1.54, 1.807) is 6.08 Å². The molecule has 0 radical (unpaired) electrons. The van der Waals surface area contributed by atoms with Gasteiger partial charge in [-0.1, -0.05) is 178 Å². The number of unbranched alkanes of at least 4 members (excludes halogenated alkanes) is 24. The van der Waals surface area contributed by atoms with Gasteiger partial charge in [-0.15, -0.1) is 0 Å². The van der Waals surface area contributed by atoms with Crippen molar-refractivity contribution in [3.05, 3.63) is 48.6 Å². The van der Waals surface area contributed by atoms with Crippen molar-refractivity contribution in [1.82, 2.24) is 5.32 Å². The molecular formula is C56H101NO13. The summed E-state index contributed by atoms with van der Waals surface area (Å²) in [6.07, 6.45) is 34.3. The van der Waals surface area contributed by atoms with Gasteiger partial charge in [0.1, 0.15) is 48.8 Å². The Kier molecular flexibility index (Phi) is 38.7. The fraction of sp³-hybridized carbons (Fsp3) is 0.839. The molecule has 2 aliphatic heterocycles. The number of carbonyl (C=O) groups excluding carboxylic acids is 1. The molecule has 0 saturated carbocycles. The zero-order valence-corrected chi connectivity index (χ0v) is 43.5. The van der Waals surface area contributed by atoms with Crippen molar-refractivity contribution in [2.24, 2.45) is 0 Å². The molecule has 1 amide bonds. The average molecular weight is 996 g/mol. The van der Waals surface area contributed by atoms with E-state index in [9.17, 15) is 45.6 Å². The highest BCUT2D eigenvalue weighted by Crippen LogP contribution is 2.30. The van der Waals surface area contributed by atoms with Crippen molar-refractivity contribution >= 4 is 5.91 Å². The van der Waals surface area contributed by atoms with Gasteiger partial charge in [0.15, 0.2) is 12.6 Å². The number of allylic oxidation sites excluding steroid dienone is 7. The molecule has 0 bridgehead atoms. The maximum atomic E-state index is 13.2. The highest BCUT2D eigenvalue weighted by Gasteiger charge is 2.51. The minimum Gasteiger partial charge on any atom is -0.394 e. The van der Waals surface area contributed by atoms with Crippen LogP contribution in [0.2, 0.25) is 0 Å².